The van der Waals surface area contributed by atoms with Gasteiger partial charge in [-0.25, -0.2) is 4.98 Å². The number of Topliss-reactive ketones (excluding diaryl/α,β-unsaturated/α-hetero) is 1. The molecular weight excluding hydrogens is 383 g/mol. The van der Waals surface area contributed by atoms with Gasteiger partial charge in [-0.2, -0.15) is 13.2 Å². The minimum atomic E-state index is -4.48. The lowest BCUT2D eigenvalue weighted by molar-refractivity contribution is -0.153. The fraction of sp³-hybridized carbons (Fsp3) is 0.182. The Hall–Kier alpha value is -3.35. The van der Waals surface area contributed by atoms with Gasteiger partial charge in [0.1, 0.15) is 12.4 Å². The number of carbonyl (C=O) groups excluding carboxylic acids is 1. The molecule has 0 spiro atoms. The maximum Gasteiger partial charge on any atom is 0.422 e. The van der Waals surface area contributed by atoms with Gasteiger partial charge >= 0.3 is 6.18 Å². The highest BCUT2D eigenvalue weighted by Crippen LogP contribution is 2.29. The van der Waals surface area contributed by atoms with E-state index < -0.39 is 12.8 Å². The Morgan fingerprint density at radius 2 is 1.69 bits per heavy atom. The molecule has 0 unspecified atom stereocenters. The summed E-state index contributed by atoms with van der Waals surface area (Å²) >= 11 is 0. The van der Waals surface area contributed by atoms with Gasteiger partial charge in [-0.05, 0) is 36.2 Å². The third-order valence-corrected chi connectivity index (χ3v) is 4.05. The molecule has 0 aliphatic rings. The molecule has 4 nitrogen and oxygen atoms in total. The zero-order valence-electron chi connectivity index (χ0n) is 15.6. The van der Waals surface area contributed by atoms with Crippen LogP contribution < -0.4 is 9.47 Å². The number of rotatable bonds is 7. The second-order valence-corrected chi connectivity index (χ2v) is 6.33. The van der Waals surface area contributed by atoms with Gasteiger partial charge < -0.3 is 9.47 Å². The Morgan fingerprint density at radius 3 is 2.31 bits per heavy atom. The second kappa shape index (κ2) is 8.77. The normalized spacial score (nSPS) is 11.2. The highest BCUT2D eigenvalue weighted by molar-refractivity contribution is 5.98. The van der Waals surface area contributed by atoms with Crippen LogP contribution in [0.25, 0.3) is 11.1 Å². The summed E-state index contributed by atoms with van der Waals surface area (Å²) < 4.78 is 47.6. The number of alkyl halides is 3. The maximum atomic E-state index is 12.4. The predicted molar refractivity (Wildman–Crippen MR) is 102 cm³/mol. The van der Waals surface area contributed by atoms with Crippen LogP contribution in [0.5, 0.6) is 11.6 Å². The van der Waals surface area contributed by atoms with E-state index in [2.05, 4.69) is 4.98 Å². The molecule has 0 saturated heterocycles. The summed E-state index contributed by atoms with van der Waals surface area (Å²) in [6.07, 6.45) is -2.90. The van der Waals surface area contributed by atoms with Gasteiger partial charge in [0.2, 0.25) is 5.88 Å². The molecule has 0 fully saturated rings. The SMILES string of the molecule is CC(=O)c1cc(-c2ccc(OCc3ccccc3)nc2)ccc1OCC(F)(F)F. The van der Waals surface area contributed by atoms with Gasteiger partial charge in [0.15, 0.2) is 12.4 Å². The van der Waals surface area contributed by atoms with Gasteiger partial charge in [-0.3, -0.25) is 4.79 Å². The van der Waals surface area contributed by atoms with E-state index in [0.29, 0.717) is 23.6 Å². The number of ketones is 1. The smallest absolute Gasteiger partial charge is 0.422 e. The lowest BCUT2D eigenvalue weighted by Gasteiger charge is -2.13. The molecule has 3 aromatic rings. The molecule has 1 aromatic heterocycles. The van der Waals surface area contributed by atoms with E-state index in [9.17, 15) is 18.0 Å². The van der Waals surface area contributed by atoms with Crippen LogP contribution in [-0.4, -0.2) is 23.6 Å². The van der Waals surface area contributed by atoms with Crippen molar-refractivity contribution in [2.75, 3.05) is 6.61 Å². The highest BCUT2D eigenvalue weighted by Gasteiger charge is 2.29. The van der Waals surface area contributed by atoms with E-state index in [0.717, 1.165) is 5.56 Å². The number of ether oxygens (including phenoxy) is 2. The second-order valence-electron chi connectivity index (χ2n) is 6.33. The molecule has 7 heteroatoms. The van der Waals surface area contributed by atoms with Crippen LogP contribution in [0.3, 0.4) is 0 Å². The minimum absolute atomic E-state index is 0.0798. The van der Waals surface area contributed by atoms with Crippen molar-refractivity contribution in [3.63, 3.8) is 0 Å². The van der Waals surface area contributed by atoms with Crippen LogP contribution in [0, 0.1) is 0 Å². The Labute approximate surface area is 165 Å². The van der Waals surface area contributed by atoms with Crippen molar-refractivity contribution in [3.8, 4) is 22.8 Å². The van der Waals surface area contributed by atoms with Crippen molar-refractivity contribution in [2.45, 2.75) is 19.7 Å². The molecule has 29 heavy (non-hydrogen) atoms. The summed E-state index contributed by atoms with van der Waals surface area (Å²) in [5.74, 6) is -0.0522. The number of aromatic nitrogens is 1. The van der Waals surface area contributed by atoms with E-state index in [4.69, 9.17) is 9.47 Å². The van der Waals surface area contributed by atoms with Crippen molar-refractivity contribution in [1.82, 2.24) is 4.98 Å². The summed E-state index contributed by atoms with van der Waals surface area (Å²) in [4.78, 5) is 16.1. The van der Waals surface area contributed by atoms with Crippen molar-refractivity contribution in [2.24, 2.45) is 0 Å². The van der Waals surface area contributed by atoms with E-state index in [1.807, 2.05) is 30.3 Å². The van der Waals surface area contributed by atoms with E-state index in [-0.39, 0.29) is 17.1 Å². The van der Waals surface area contributed by atoms with Gasteiger partial charge in [0.25, 0.3) is 0 Å². The fourth-order valence-corrected chi connectivity index (χ4v) is 2.64. The minimum Gasteiger partial charge on any atom is -0.483 e. The molecule has 0 aliphatic carbocycles. The summed E-state index contributed by atoms with van der Waals surface area (Å²) in [5, 5.41) is 0. The topological polar surface area (TPSA) is 48.4 Å². The van der Waals surface area contributed by atoms with E-state index in [1.165, 1.54) is 19.1 Å². The molecule has 2 aromatic carbocycles. The molecule has 150 valence electrons. The van der Waals surface area contributed by atoms with Crippen molar-refractivity contribution in [1.29, 1.82) is 0 Å². The molecular formula is C22H18F3NO3. The molecule has 0 aliphatic heterocycles. The van der Waals surface area contributed by atoms with Crippen LogP contribution in [0.4, 0.5) is 13.2 Å². The predicted octanol–water partition coefficient (Wildman–Crippen LogP) is 5.47. The molecule has 0 atom stereocenters. The maximum absolute atomic E-state index is 12.4. The Balaban J connectivity index is 1.74. The summed E-state index contributed by atoms with van der Waals surface area (Å²) in [6, 6.07) is 17.6. The highest BCUT2D eigenvalue weighted by atomic mass is 19.4. The third kappa shape index (κ3) is 5.81. The van der Waals surface area contributed by atoms with Crippen LogP contribution in [0.2, 0.25) is 0 Å². The van der Waals surface area contributed by atoms with Crippen molar-refractivity contribution < 1.29 is 27.4 Å². The quantitative estimate of drug-likeness (QED) is 0.493. The van der Waals surface area contributed by atoms with Crippen molar-refractivity contribution in [3.05, 3.63) is 78.0 Å². The number of carbonyl (C=O) groups is 1. The Morgan fingerprint density at radius 1 is 0.966 bits per heavy atom. The number of benzene rings is 2. The number of hydrogen-bond donors (Lipinski definition) is 0. The lowest BCUT2D eigenvalue weighted by Crippen LogP contribution is -2.20. The molecule has 0 bridgehead atoms. The molecule has 0 radical (unpaired) electrons. The monoisotopic (exact) mass is 401 g/mol. The van der Waals surface area contributed by atoms with Crippen molar-refractivity contribution >= 4 is 5.78 Å². The lowest BCUT2D eigenvalue weighted by atomic mass is 10.0. The number of halogens is 3. The molecule has 0 amide bonds. The first-order valence-electron chi connectivity index (χ1n) is 8.79. The zero-order chi connectivity index (χ0) is 20.9. The standard InChI is InChI=1S/C22H18F3NO3/c1-15(27)19-11-17(7-9-20(19)29-14-22(23,24)25)18-8-10-21(26-12-18)28-13-16-5-3-2-4-6-16/h2-12H,13-14H2,1H3. The molecule has 3 rings (SSSR count). The Bertz CT molecular complexity index is 971. The summed E-state index contributed by atoms with van der Waals surface area (Å²) in [5.41, 5.74) is 2.42. The molecule has 0 N–H and O–H groups in total. The van der Waals surface area contributed by atoms with Gasteiger partial charge in [0, 0.05) is 17.8 Å². The van der Waals surface area contributed by atoms with Gasteiger partial charge in [-0.1, -0.05) is 36.4 Å². The summed E-state index contributed by atoms with van der Waals surface area (Å²) in [7, 11) is 0. The van der Waals surface area contributed by atoms with Crippen LogP contribution in [-0.2, 0) is 6.61 Å². The molecule has 0 saturated carbocycles. The summed E-state index contributed by atoms with van der Waals surface area (Å²) in [6.45, 7) is 0.201. The zero-order valence-corrected chi connectivity index (χ0v) is 15.6. The first-order chi connectivity index (χ1) is 13.8. The molecule has 1 heterocycles. The van der Waals surface area contributed by atoms with Gasteiger partial charge in [0.05, 0.1) is 5.56 Å². The van der Waals surface area contributed by atoms with Crippen LogP contribution in [0.1, 0.15) is 22.8 Å². The number of hydrogen-bond acceptors (Lipinski definition) is 4. The van der Waals surface area contributed by atoms with Crippen LogP contribution in [0.15, 0.2) is 66.9 Å². The average Bonchev–Trinajstić information content (AvgIpc) is 2.71. The largest absolute Gasteiger partial charge is 0.483 e. The van der Waals surface area contributed by atoms with Gasteiger partial charge in [-0.15, -0.1) is 0 Å². The number of nitrogens with zero attached hydrogens (tertiary/aromatic N) is 1. The average molecular weight is 401 g/mol. The van der Waals surface area contributed by atoms with E-state index in [1.54, 1.807) is 24.4 Å². The fourth-order valence-electron chi connectivity index (χ4n) is 2.64. The first kappa shape index (κ1) is 20.4. The first-order valence-corrected chi connectivity index (χ1v) is 8.79. The Kier molecular flexibility index (Phi) is 6.16. The van der Waals surface area contributed by atoms with E-state index >= 15 is 0 Å². The number of pyridine rings is 1. The van der Waals surface area contributed by atoms with Crippen LogP contribution >= 0.6 is 0 Å². The third-order valence-electron chi connectivity index (χ3n) is 4.05.